The maximum absolute atomic E-state index is 5.63. The van der Waals surface area contributed by atoms with Crippen molar-refractivity contribution < 1.29 is 0 Å². The number of benzene rings is 1. The van der Waals surface area contributed by atoms with Gasteiger partial charge >= 0.3 is 0 Å². The summed E-state index contributed by atoms with van der Waals surface area (Å²) >= 11 is 0. The van der Waals surface area contributed by atoms with Crippen LogP contribution in [0.15, 0.2) is 24.3 Å². The fourth-order valence-electron chi connectivity index (χ4n) is 1.54. The Hall–Kier alpha value is -1.91. The second kappa shape index (κ2) is 4.74. The summed E-state index contributed by atoms with van der Waals surface area (Å²) in [7, 11) is 0. The first kappa shape index (κ1) is 10.6. The highest BCUT2D eigenvalue weighted by Gasteiger charge is 2.04. The molecule has 2 aromatic rings. The molecule has 0 bridgehead atoms. The molecule has 0 saturated heterocycles. The van der Waals surface area contributed by atoms with E-state index in [1.165, 1.54) is 0 Å². The van der Waals surface area contributed by atoms with E-state index in [2.05, 4.69) is 22.4 Å². The van der Waals surface area contributed by atoms with Gasteiger partial charge in [-0.1, -0.05) is 19.1 Å². The Labute approximate surface area is 94.3 Å². The van der Waals surface area contributed by atoms with Crippen LogP contribution in [0.25, 0.3) is 0 Å². The normalized spacial score (nSPS) is 10.6. The quantitative estimate of drug-likeness (QED) is 0.783. The van der Waals surface area contributed by atoms with Crippen LogP contribution in [0.1, 0.15) is 24.7 Å². The number of hydrogen-bond donors (Lipinski definition) is 1. The Morgan fingerprint density at radius 1 is 1.25 bits per heavy atom. The van der Waals surface area contributed by atoms with Gasteiger partial charge in [0.1, 0.15) is 0 Å². The zero-order valence-corrected chi connectivity index (χ0v) is 9.30. The van der Waals surface area contributed by atoms with Gasteiger partial charge in [-0.15, -0.1) is 5.10 Å². The van der Waals surface area contributed by atoms with E-state index >= 15 is 0 Å². The van der Waals surface area contributed by atoms with Gasteiger partial charge in [0.2, 0.25) is 0 Å². The molecule has 5 nitrogen and oxygen atoms in total. The summed E-state index contributed by atoms with van der Waals surface area (Å²) in [6.45, 7) is 2.81. The van der Waals surface area contributed by atoms with Crippen LogP contribution in [0.3, 0.4) is 0 Å². The number of rotatable bonds is 4. The standard InChI is InChI=1S/C11H15N5/c1-2-3-11-13-14-15-16(11)8-9-4-6-10(12)7-5-9/h4-7H,2-3,8,12H2,1H3. The molecule has 2 N–H and O–H groups in total. The zero-order valence-electron chi connectivity index (χ0n) is 9.30. The van der Waals surface area contributed by atoms with E-state index in [0.717, 1.165) is 29.9 Å². The topological polar surface area (TPSA) is 69.6 Å². The van der Waals surface area contributed by atoms with Crippen LogP contribution in [-0.2, 0) is 13.0 Å². The molecule has 1 aromatic heterocycles. The molecule has 16 heavy (non-hydrogen) atoms. The molecule has 5 heteroatoms. The second-order valence-electron chi connectivity index (χ2n) is 3.74. The van der Waals surface area contributed by atoms with E-state index in [4.69, 9.17) is 5.73 Å². The van der Waals surface area contributed by atoms with Crippen molar-refractivity contribution in [2.24, 2.45) is 0 Å². The van der Waals surface area contributed by atoms with Crippen molar-refractivity contribution in [3.8, 4) is 0 Å². The predicted molar refractivity (Wildman–Crippen MR) is 61.8 cm³/mol. The molecule has 0 aliphatic carbocycles. The summed E-state index contributed by atoms with van der Waals surface area (Å²) in [5.41, 5.74) is 7.55. The van der Waals surface area contributed by atoms with Crippen molar-refractivity contribution in [2.75, 3.05) is 5.73 Å². The molecule has 0 atom stereocenters. The van der Waals surface area contributed by atoms with Crippen LogP contribution >= 0.6 is 0 Å². The van der Waals surface area contributed by atoms with Gasteiger partial charge in [-0.2, -0.15) is 0 Å². The number of aryl methyl sites for hydroxylation is 1. The Morgan fingerprint density at radius 2 is 2.00 bits per heavy atom. The summed E-state index contributed by atoms with van der Waals surface area (Å²) in [5.74, 6) is 0.930. The molecule has 0 radical (unpaired) electrons. The molecule has 0 amide bonds. The van der Waals surface area contributed by atoms with Gasteiger partial charge in [0.25, 0.3) is 0 Å². The lowest BCUT2D eigenvalue weighted by Crippen LogP contribution is -2.07. The molecule has 0 spiro atoms. The van der Waals surface area contributed by atoms with Gasteiger partial charge in [0.15, 0.2) is 5.82 Å². The van der Waals surface area contributed by atoms with Crippen LogP contribution in [0.2, 0.25) is 0 Å². The maximum Gasteiger partial charge on any atom is 0.151 e. The number of aromatic nitrogens is 4. The largest absolute Gasteiger partial charge is 0.399 e. The van der Waals surface area contributed by atoms with Crippen LogP contribution in [-0.4, -0.2) is 20.2 Å². The van der Waals surface area contributed by atoms with Gasteiger partial charge in [0, 0.05) is 12.1 Å². The van der Waals surface area contributed by atoms with Crippen LogP contribution in [0, 0.1) is 0 Å². The lowest BCUT2D eigenvalue weighted by Gasteiger charge is -2.04. The minimum Gasteiger partial charge on any atom is -0.399 e. The molecule has 1 heterocycles. The number of hydrogen-bond acceptors (Lipinski definition) is 4. The fourth-order valence-corrected chi connectivity index (χ4v) is 1.54. The number of nitrogens with two attached hydrogens (primary N) is 1. The minimum atomic E-state index is 0.697. The first-order valence-corrected chi connectivity index (χ1v) is 5.39. The van der Waals surface area contributed by atoms with Crippen LogP contribution in [0.5, 0.6) is 0 Å². The van der Waals surface area contributed by atoms with Gasteiger partial charge in [-0.25, -0.2) is 4.68 Å². The Morgan fingerprint density at radius 3 is 2.69 bits per heavy atom. The van der Waals surface area contributed by atoms with Crippen LogP contribution in [0.4, 0.5) is 5.69 Å². The third-order valence-electron chi connectivity index (χ3n) is 2.39. The maximum atomic E-state index is 5.63. The van der Waals surface area contributed by atoms with Gasteiger partial charge < -0.3 is 5.73 Å². The summed E-state index contributed by atoms with van der Waals surface area (Å²) in [6, 6.07) is 7.76. The van der Waals surface area contributed by atoms with Crippen molar-refractivity contribution >= 4 is 5.69 Å². The molecule has 0 unspecified atom stereocenters. The monoisotopic (exact) mass is 217 g/mol. The molecule has 0 saturated carbocycles. The molecule has 1 aromatic carbocycles. The molecule has 0 fully saturated rings. The van der Waals surface area contributed by atoms with E-state index in [0.29, 0.717) is 6.54 Å². The highest BCUT2D eigenvalue weighted by atomic mass is 15.5. The van der Waals surface area contributed by atoms with E-state index in [1.807, 2.05) is 28.9 Å². The van der Waals surface area contributed by atoms with E-state index < -0.39 is 0 Å². The van der Waals surface area contributed by atoms with Gasteiger partial charge in [0.05, 0.1) is 6.54 Å². The number of anilines is 1. The molecule has 0 aliphatic heterocycles. The summed E-state index contributed by atoms with van der Waals surface area (Å²) < 4.78 is 1.83. The van der Waals surface area contributed by atoms with E-state index in [1.54, 1.807) is 0 Å². The van der Waals surface area contributed by atoms with Crippen molar-refractivity contribution in [2.45, 2.75) is 26.3 Å². The Bertz CT molecular complexity index is 446. The highest BCUT2D eigenvalue weighted by molar-refractivity contribution is 5.39. The van der Waals surface area contributed by atoms with Crippen LogP contribution < -0.4 is 5.73 Å². The summed E-state index contributed by atoms with van der Waals surface area (Å²) in [5, 5.41) is 11.7. The SMILES string of the molecule is CCCc1nnnn1Cc1ccc(N)cc1. The van der Waals surface area contributed by atoms with Crippen molar-refractivity contribution in [3.05, 3.63) is 35.7 Å². The number of nitrogen functional groups attached to an aromatic ring is 1. The lowest BCUT2D eigenvalue weighted by atomic mass is 10.2. The van der Waals surface area contributed by atoms with Gasteiger partial charge in [-0.3, -0.25) is 0 Å². The van der Waals surface area contributed by atoms with Gasteiger partial charge in [-0.05, 0) is 34.5 Å². The predicted octanol–water partition coefficient (Wildman–Crippen LogP) is 1.26. The van der Waals surface area contributed by atoms with Crippen molar-refractivity contribution in [1.82, 2.24) is 20.2 Å². The first-order chi connectivity index (χ1) is 7.79. The third-order valence-corrected chi connectivity index (χ3v) is 2.39. The van der Waals surface area contributed by atoms with Crippen molar-refractivity contribution in [3.63, 3.8) is 0 Å². The van der Waals surface area contributed by atoms with Crippen molar-refractivity contribution in [1.29, 1.82) is 0 Å². The molecule has 0 aliphatic rings. The first-order valence-electron chi connectivity index (χ1n) is 5.39. The molecule has 2 rings (SSSR count). The smallest absolute Gasteiger partial charge is 0.151 e. The Balaban J connectivity index is 2.13. The average Bonchev–Trinajstić information content (AvgIpc) is 2.70. The fraction of sp³-hybridized carbons (Fsp3) is 0.364. The van der Waals surface area contributed by atoms with E-state index in [9.17, 15) is 0 Å². The molecule has 84 valence electrons. The molecular formula is C11H15N5. The molecular weight excluding hydrogens is 202 g/mol. The second-order valence-corrected chi connectivity index (χ2v) is 3.74. The average molecular weight is 217 g/mol. The zero-order chi connectivity index (χ0) is 11.4. The third kappa shape index (κ3) is 2.36. The highest BCUT2D eigenvalue weighted by Crippen LogP contribution is 2.08. The Kier molecular flexibility index (Phi) is 3.14. The number of tetrazole rings is 1. The lowest BCUT2D eigenvalue weighted by molar-refractivity contribution is 0.613. The summed E-state index contributed by atoms with van der Waals surface area (Å²) in [4.78, 5) is 0. The minimum absolute atomic E-state index is 0.697. The number of nitrogens with zero attached hydrogens (tertiary/aromatic N) is 4. The van der Waals surface area contributed by atoms with E-state index in [-0.39, 0.29) is 0 Å². The summed E-state index contributed by atoms with van der Waals surface area (Å²) in [6.07, 6.45) is 1.95.